The summed E-state index contributed by atoms with van der Waals surface area (Å²) in [5.41, 5.74) is 12.8. The average Bonchev–Trinajstić information content (AvgIpc) is 4.10. The molecule has 4 nitrogen and oxygen atoms in total. The first-order valence-electron chi connectivity index (χ1n) is 20.3. The highest BCUT2D eigenvalue weighted by molar-refractivity contribution is 7.25. The summed E-state index contributed by atoms with van der Waals surface area (Å²) < 4.78 is 17.0. The molecule has 0 saturated carbocycles. The van der Waals surface area contributed by atoms with E-state index in [1.807, 2.05) is 35.6 Å². The molecule has 4 aromatic heterocycles. The van der Waals surface area contributed by atoms with Gasteiger partial charge in [-0.1, -0.05) is 127 Å². The maximum absolute atomic E-state index is 6.84. The van der Waals surface area contributed by atoms with Gasteiger partial charge in [-0.2, -0.15) is 0 Å². The second-order valence-corrected chi connectivity index (χ2v) is 17.6. The summed E-state index contributed by atoms with van der Waals surface area (Å²) in [5, 5.41) is 7.92. The number of nitrogens with zero attached hydrogens (tertiary/aromatic N) is 2. The zero-order chi connectivity index (χ0) is 40.0. The summed E-state index contributed by atoms with van der Waals surface area (Å²) in [7, 11) is 0. The first-order valence-corrected chi connectivity index (χ1v) is 22.0. The monoisotopic (exact) mass is 816 g/mol. The van der Waals surface area contributed by atoms with Crippen molar-refractivity contribution in [1.29, 1.82) is 0 Å². The Morgan fingerprint density at radius 2 is 0.967 bits per heavy atom. The SMILES string of the molecule is c1ccc(-c2nc3c(-c4ccc(N(c5ccc6c(c5)oc5ccccc56)c5ccc6c(c5)sc5ccccc56)cc4-c4ccccc4)c4oc5ccccc5c4cc3s2)cc1. The molecule has 0 aliphatic carbocycles. The zero-order valence-corrected chi connectivity index (χ0v) is 34.1. The van der Waals surface area contributed by atoms with E-state index in [4.69, 9.17) is 13.8 Å². The highest BCUT2D eigenvalue weighted by Gasteiger charge is 2.25. The molecule has 9 aromatic carbocycles. The largest absolute Gasteiger partial charge is 0.456 e. The molecule has 0 fully saturated rings. The van der Waals surface area contributed by atoms with Crippen molar-refractivity contribution in [1.82, 2.24) is 4.98 Å². The Morgan fingerprint density at radius 1 is 0.377 bits per heavy atom. The summed E-state index contributed by atoms with van der Waals surface area (Å²) in [4.78, 5) is 7.76. The van der Waals surface area contributed by atoms with Crippen LogP contribution in [0.15, 0.2) is 203 Å². The van der Waals surface area contributed by atoms with Gasteiger partial charge in [0.05, 0.1) is 15.8 Å². The smallest absolute Gasteiger partial charge is 0.145 e. The zero-order valence-electron chi connectivity index (χ0n) is 32.5. The van der Waals surface area contributed by atoms with Crippen molar-refractivity contribution in [3.63, 3.8) is 0 Å². The van der Waals surface area contributed by atoms with Crippen LogP contribution in [0.25, 0.3) is 107 Å². The lowest BCUT2D eigenvalue weighted by atomic mass is 9.91. The lowest BCUT2D eigenvalue weighted by Gasteiger charge is -2.27. The Labute approximate surface area is 357 Å². The number of thiazole rings is 1. The van der Waals surface area contributed by atoms with Crippen LogP contribution in [0.4, 0.5) is 17.1 Å². The van der Waals surface area contributed by atoms with E-state index < -0.39 is 0 Å². The summed E-state index contributed by atoms with van der Waals surface area (Å²) in [6, 6.07) is 69.0. The fourth-order valence-electron chi connectivity index (χ4n) is 9.10. The van der Waals surface area contributed by atoms with Gasteiger partial charge >= 0.3 is 0 Å². The normalized spacial score (nSPS) is 11.9. The summed E-state index contributed by atoms with van der Waals surface area (Å²) in [6.45, 7) is 0. The number of hydrogen-bond acceptors (Lipinski definition) is 6. The number of fused-ring (bicyclic) bond motifs is 10. The minimum Gasteiger partial charge on any atom is -0.456 e. The number of furan rings is 2. The molecule has 0 aliphatic rings. The topological polar surface area (TPSA) is 42.4 Å². The molecule has 0 unspecified atom stereocenters. The van der Waals surface area contributed by atoms with Crippen LogP contribution in [-0.2, 0) is 0 Å². The molecule has 0 aliphatic heterocycles. The van der Waals surface area contributed by atoms with Gasteiger partial charge in [-0.25, -0.2) is 4.98 Å². The first kappa shape index (κ1) is 34.4. The predicted molar refractivity (Wildman–Crippen MR) is 258 cm³/mol. The Kier molecular flexibility index (Phi) is 7.61. The quantitative estimate of drug-likeness (QED) is 0.168. The number of para-hydroxylation sites is 2. The standard InChI is InChI=1S/C55H32N2O2S2/c1-3-13-33(14-4-1)44-29-35(25-28-43(44)52-53-51(61-55(56-53)34-15-5-2-6-16-34)32-45-39-18-8-11-21-47(39)59-54(45)52)57(36-23-26-40-38-17-7-10-20-46(38)58-48(40)30-36)37-24-27-42-41-19-9-12-22-49(41)60-50(42)31-37/h1-32H. The molecule has 13 aromatic rings. The molecule has 0 atom stereocenters. The van der Waals surface area contributed by atoms with E-state index in [2.05, 4.69) is 175 Å². The average molecular weight is 817 g/mol. The highest BCUT2D eigenvalue weighted by Crippen LogP contribution is 2.49. The summed E-state index contributed by atoms with van der Waals surface area (Å²) in [6.07, 6.45) is 0. The molecule has 0 spiro atoms. The lowest BCUT2D eigenvalue weighted by molar-refractivity contribution is 0.669. The van der Waals surface area contributed by atoms with Gasteiger partial charge in [0.15, 0.2) is 0 Å². The Morgan fingerprint density at radius 3 is 1.77 bits per heavy atom. The minimum absolute atomic E-state index is 0.839. The third-order valence-corrected chi connectivity index (χ3v) is 14.1. The fraction of sp³-hybridized carbons (Fsp3) is 0. The van der Waals surface area contributed by atoms with Crippen LogP contribution in [0.3, 0.4) is 0 Å². The molecule has 286 valence electrons. The Bertz CT molecular complexity index is 3730. The molecule has 0 amide bonds. The van der Waals surface area contributed by atoms with Crippen LogP contribution in [-0.4, -0.2) is 4.98 Å². The van der Waals surface area contributed by atoms with Crippen molar-refractivity contribution in [3.8, 4) is 32.8 Å². The predicted octanol–water partition coefficient (Wildman–Crippen LogP) is 16.9. The molecule has 13 rings (SSSR count). The molecule has 0 bridgehead atoms. The van der Waals surface area contributed by atoms with E-state index in [0.29, 0.717) is 0 Å². The molecule has 0 saturated heterocycles. The van der Waals surface area contributed by atoms with Crippen LogP contribution in [0.1, 0.15) is 0 Å². The van der Waals surface area contributed by atoms with Crippen molar-refractivity contribution in [2.45, 2.75) is 0 Å². The van der Waals surface area contributed by atoms with Crippen LogP contribution < -0.4 is 4.90 Å². The second kappa shape index (κ2) is 13.5. The number of benzene rings is 9. The number of hydrogen-bond donors (Lipinski definition) is 0. The van der Waals surface area contributed by atoms with Gasteiger partial charge in [0.25, 0.3) is 0 Å². The van der Waals surface area contributed by atoms with Crippen LogP contribution in [0.2, 0.25) is 0 Å². The van der Waals surface area contributed by atoms with Crippen molar-refractivity contribution < 1.29 is 8.83 Å². The third-order valence-electron chi connectivity index (χ3n) is 11.9. The van der Waals surface area contributed by atoms with Crippen LogP contribution in [0, 0.1) is 0 Å². The van der Waals surface area contributed by atoms with Crippen molar-refractivity contribution in [2.75, 3.05) is 4.90 Å². The number of rotatable bonds is 6. The van der Waals surface area contributed by atoms with E-state index in [-0.39, 0.29) is 0 Å². The Hall–Kier alpha value is -7.51. The van der Waals surface area contributed by atoms with E-state index in [1.54, 1.807) is 11.3 Å². The minimum atomic E-state index is 0.839. The Balaban J connectivity index is 1.08. The van der Waals surface area contributed by atoms with Gasteiger partial charge in [-0.3, -0.25) is 0 Å². The molecular formula is C55H32N2O2S2. The van der Waals surface area contributed by atoms with Gasteiger partial charge in [-0.05, 0) is 77.4 Å². The van der Waals surface area contributed by atoms with E-state index in [1.165, 1.54) is 20.2 Å². The highest BCUT2D eigenvalue weighted by atomic mass is 32.1. The van der Waals surface area contributed by atoms with Crippen molar-refractivity contribution in [3.05, 3.63) is 194 Å². The first-order chi connectivity index (χ1) is 30.2. The van der Waals surface area contributed by atoms with Crippen molar-refractivity contribution >= 4 is 114 Å². The second-order valence-electron chi connectivity index (χ2n) is 15.4. The van der Waals surface area contributed by atoms with E-state index >= 15 is 0 Å². The number of thiophene rings is 1. The van der Waals surface area contributed by atoms with Gasteiger partial charge in [0.1, 0.15) is 27.3 Å². The third kappa shape index (κ3) is 5.46. The summed E-state index contributed by atoms with van der Waals surface area (Å²) >= 11 is 3.56. The maximum Gasteiger partial charge on any atom is 0.145 e. The van der Waals surface area contributed by atoms with Gasteiger partial charge in [-0.15, -0.1) is 22.7 Å². The van der Waals surface area contributed by atoms with Crippen LogP contribution >= 0.6 is 22.7 Å². The molecule has 4 heterocycles. The fourth-order valence-corrected chi connectivity index (χ4v) is 11.3. The molecule has 61 heavy (non-hydrogen) atoms. The molecular weight excluding hydrogens is 785 g/mol. The van der Waals surface area contributed by atoms with Gasteiger partial charge in [0.2, 0.25) is 0 Å². The molecule has 0 N–H and O–H groups in total. The van der Waals surface area contributed by atoms with E-state index in [9.17, 15) is 0 Å². The number of anilines is 3. The maximum atomic E-state index is 6.84. The van der Waals surface area contributed by atoms with Gasteiger partial charge < -0.3 is 13.7 Å². The van der Waals surface area contributed by atoms with E-state index in [0.717, 1.165) is 104 Å². The lowest BCUT2D eigenvalue weighted by Crippen LogP contribution is -2.10. The summed E-state index contributed by atoms with van der Waals surface area (Å²) in [5.74, 6) is 0. The van der Waals surface area contributed by atoms with Gasteiger partial charge in [0, 0.05) is 70.4 Å². The molecule has 0 radical (unpaired) electrons. The molecule has 6 heteroatoms. The van der Waals surface area contributed by atoms with Crippen molar-refractivity contribution in [2.24, 2.45) is 0 Å². The van der Waals surface area contributed by atoms with Crippen LogP contribution in [0.5, 0.6) is 0 Å². The number of aromatic nitrogens is 1.